The molecule has 0 aliphatic carbocycles. The smallest absolute Gasteiger partial charge is 0.352 e. The van der Waals surface area contributed by atoms with Gasteiger partial charge in [0.1, 0.15) is 24.5 Å². The van der Waals surface area contributed by atoms with Crippen molar-refractivity contribution in [2.75, 3.05) is 18.5 Å². The molecular weight excluding hydrogens is 434 g/mol. The van der Waals surface area contributed by atoms with Gasteiger partial charge in [-0.2, -0.15) is 0 Å². The van der Waals surface area contributed by atoms with Crippen molar-refractivity contribution in [1.29, 1.82) is 0 Å². The van der Waals surface area contributed by atoms with Crippen LogP contribution in [-0.4, -0.2) is 37.9 Å². The Morgan fingerprint density at radius 2 is 1.97 bits per heavy atom. The van der Waals surface area contributed by atoms with Crippen molar-refractivity contribution in [3.63, 3.8) is 0 Å². The van der Waals surface area contributed by atoms with Crippen LogP contribution in [0.1, 0.15) is 13.8 Å². The van der Waals surface area contributed by atoms with Crippen LogP contribution in [0.5, 0.6) is 11.5 Å². The largest absolute Gasteiger partial charge is 0.486 e. The monoisotopic (exact) mass is 455 g/mol. The number of hydrogen-bond donors (Lipinski definition) is 1. The molecule has 0 fully saturated rings. The van der Waals surface area contributed by atoms with Gasteiger partial charge in [-0.25, -0.2) is 13.9 Å². The molecule has 0 saturated carbocycles. The quantitative estimate of drug-likeness (QED) is 0.493. The summed E-state index contributed by atoms with van der Waals surface area (Å²) in [6.07, 6.45) is 0. The van der Waals surface area contributed by atoms with Crippen LogP contribution in [0.2, 0.25) is 0 Å². The lowest BCUT2D eigenvalue weighted by molar-refractivity contribution is -0.117. The van der Waals surface area contributed by atoms with E-state index in [1.54, 1.807) is 29.6 Å². The molecule has 1 aliphatic heterocycles. The molecule has 0 spiro atoms. The summed E-state index contributed by atoms with van der Waals surface area (Å²) in [6.45, 7) is 5.01. The van der Waals surface area contributed by atoms with Crippen molar-refractivity contribution in [3.8, 4) is 11.5 Å². The van der Waals surface area contributed by atoms with E-state index in [9.17, 15) is 14.4 Å². The lowest BCUT2D eigenvalue weighted by Crippen LogP contribution is -2.29. The number of nitrogens with zero attached hydrogens (tertiary/aromatic N) is 4. The number of benzene rings is 1. The number of amides is 1. The number of anilines is 1. The van der Waals surface area contributed by atoms with E-state index < -0.39 is 11.6 Å². The van der Waals surface area contributed by atoms with Gasteiger partial charge < -0.3 is 14.8 Å². The summed E-state index contributed by atoms with van der Waals surface area (Å²) in [6, 6.07) is 6.82. The molecule has 0 unspecified atom stereocenters. The maximum absolute atomic E-state index is 13.1. The van der Waals surface area contributed by atoms with Crippen LogP contribution >= 0.6 is 11.3 Å². The molecule has 1 aromatic carbocycles. The third-order valence-corrected chi connectivity index (χ3v) is 5.95. The van der Waals surface area contributed by atoms with Crippen LogP contribution in [-0.2, 0) is 17.9 Å². The third-order valence-electron chi connectivity index (χ3n) is 5.06. The highest BCUT2D eigenvalue weighted by molar-refractivity contribution is 7.17. The average Bonchev–Trinajstić information content (AvgIpc) is 3.36. The summed E-state index contributed by atoms with van der Waals surface area (Å²) in [5.74, 6) is 1.15. The summed E-state index contributed by atoms with van der Waals surface area (Å²) >= 11 is 1.28. The van der Waals surface area contributed by atoms with E-state index in [4.69, 9.17) is 9.47 Å². The summed E-state index contributed by atoms with van der Waals surface area (Å²) in [4.78, 5) is 38.7. The van der Waals surface area contributed by atoms with Crippen LogP contribution in [0.4, 0.5) is 5.69 Å². The second-order valence-corrected chi connectivity index (χ2v) is 8.84. The Labute approximate surface area is 185 Å². The molecule has 1 N–H and O–H groups in total. The zero-order valence-electron chi connectivity index (χ0n) is 17.5. The van der Waals surface area contributed by atoms with Crippen LogP contribution in [0.15, 0.2) is 39.2 Å². The fourth-order valence-corrected chi connectivity index (χ4v) is 4.55. The number of nitrogens with one attached hydrogen (secondary N) is 1. The number of aromatic nitrogens is 4. The van der Waals surface area contributed by atoms with Crippen LogP contribution < -0.4 is 26.0 Å². The van der Waals surface area contributed by atoms with Gasteiger partial charge in [-0.15, -0.1) is 16.4 Å². The predicted octanol–water partition coefficient (Wildman–Crippen LogP) is 1.94. The maximum Gasteiger partial charge on any atom is 0.352 e. The molecule has 0 bridgehead atoms. The summed E-state index contributed by atoms with van der Waals surface area (Å²) in [7, 11) is 0. The standard InChI is InChI=1S/C21H21N5O5S/c1-12(2)10-24-19(28)18-14(5-8-32-18)26-20(24)23-25(21(26)29)11-17(27)22-13-3-4-15-16(9-13)31-7-6-30-15/h3-5,8-9,12H,6-7,10-11H2,1-2H3,(H,22,27). The molecule has 11 heteroatoms. The first-order valence-corrected chi connectivity index (χ1v) is 11.1. The van der Waals surface area contributed by atoms with Crippen LogP contribution in [0, 0.1) is 5.92 Å². The third kappa shape index (κ3) is 3.44. The number of hydrogen-bond acceptors (Lipinski definition) is 7. The highest BCUT2D eigenvalue weighted by Crippen LogP contribution is 2.32. The molecule has 1 aliphatic rings. The SMILES string of the molecule is CC(C)Cn1c(=O)c2sccc2n2c(=O)n(CC(=O)Nc3ccc4c(c3)OCCO4)nc12. The molecule has 5 rings (SSSR count). The first-order chi connectivity index (χ1) is 15.4. The number of fused-ring (bicyclic) bond motifs is 4. The van der Waals surface area contributed by atoms with Gasteiger partial charge in [0.2, 0.25) is 11.7 Å². The van der Waals surface area contributed by atoms with E-state index in [0.29, 0.717) is 47.2 Å². The topological polar surface area (TPSA) is 109 Å². The number of ether oxygens (including phenoxy) is 2. The van der Waals surface area contributed by atoms with Crippen LogP contribution in [0.3, 0.4) is 0 Å². The van der Waals surface area contributed by atoms with E-state index in [-0.39, 0.29) is 23.8 Å². The molecule has 166 valence electrons. The molecule has 10 nitrogen and oxygen atoms in total. The van der Waals surface area contributed by atoms with Crippen molar-refractivity contribution in [2.24, 2.45) is 5.92 Å². The van der Waals surface area contributed by atoms with Gasteiger partial charge in [-0.05, 0) is 29.5 Å². The molecule has 3 aromatic heterocycles. The Morgan fingerprint density at radius 1 is 1.19 bits per heavy atom. The van der Waals surface area contributed by atoms with Gasteiger partial charge in [-0.3, -0.25) is 14.2 Å². The Bertz CT molecular complexity index is 1460. The Hall–Kier alpha value is -3.60. The molecule has 4 aromatic rings. The van der Waals surface area contributed by atoms with E-state index in [1.807, 2.05) is 13.8 Å². The molecule has 0 saturated heterocycles. The summed E-state index contributed by atoms with van der Waals surface area (Å²) in [5.41, 5.74) is 0.360. The maximum atomic E-state index is 13.1. The van der Waals surface area contributed by atoms with Gasteiger partial charge in [-0.1, -0.05) is 13.8 Å². The lowest BCUT2D eigenvalue weighted by atomic mass is 10.2. The molecule has 0 radical (unpaired) electrons. The highest BCUT2D eigenvalue weighted by Gasteiger charge is 2.20. The van der Waals surface area contributed by atoms with Gasteiger partial charge in [0, 0.05) is 18.3 Å². The minimum Gasteiger partial charge on any atom is -0.486 e. The van der Waals surface area contributed by atoms with Gasteiger partial charge >= 0.3 is 5.69 Å². The fourth-order valence-electron chi connectivity index (χ4n) is 3.72. The lowest BCUT2D eigenvalue weighted by Gasteiger charge is -2.18. The second kappa shape index (κ2) is 7.83. The summed E-state index contributed by atoms with van der Waals surface area (Å²) < 4.78 is 15.5. The Kier molecular flexibility index (Phi) is 4.97. The zero-order valence-corrected chi connectivity index (χ0v) is 18.3. The fraction of sp³-hybridized carbons (Fsp3) is 0.333. The minimum absolute atomic E-state index is 0.174. The van der Waals surface area contributed by atoms with Crippen molar-refractivity contribution in [1.82, 2.24) is 18.7 Å². The minimum atomic E-state index is -0.474. The van der Waals surface area contributed by atoms with Crippen molar-refractivity contribution in [2.45, 2.75) is 26.9 Å². The van der Waals surface area contributed by atoms with Crippen molar-refractivity contribution < 1.29 is 14.3 Å². The summed E-state index contributed by atoms with van der Waals surface area (Å²) in [5, 5.41) is 8.86. The van der Waals surface area contributed by atoms with E-state index in [0.717, 1.165) is 4.68 Å². The van der Waals surface area contributed by atoms with Crippen LogP contribution in [0.25, 0.3) is 16.0 Å². The predicted molar refractivity (Wildman–Crippen MR) is 120 cm³/mol. The van der Waals surface area contributed by atoms with Gasteiger partial charge in [0.05, 0.1) is 5.52 Å². The van der Waals surface area contributed by atoms with E-state index in [2.05, 4.69) is 10.4 Å². The average molecular weight is 455 g/mol. The van der Waals surface area contributed by atoms with E-state index >= 15 is 0 Å². The first-order valence-electron chi connectivity index (χ1n) is 10.2. The molecule has 32 heavy (non-hydrogen) atoms. The van der Waals surface area contributed by atoms with Crippen molar-refractivity contribution >= 4 is 38.9 Å². The molecular formula is C21H21N5O5S. The first kappa shape index (κ1) is 20.3. The Balaban J connectivity index is 1.49. The Morgan fingerprint density at radius 3 is 2.75 bits per heavy atom. The zero-order chi connectivity index (χ0) is 22.4. The highest BCUT2D eigenvalue weighted by atomic mass is 32.1. The molecule has 4 heterocycles. The van der Waals surface area contributed by atoms with Gasteiger partial charge in [0.25, 0.3) is 5.56 Å². The second-order valence-electron chi connectivity index (χ2n) is 7.93. The van der Waals surface area contributed by atoms with Crippen molar-refractivity contribution in [3.05, 3.63) is 50.5 Å². The van der Waals surface area contributed by atoms with Gasteiger partial charge in [0.15, 0.2) is 11.5 Å². The molecule has 0 atom stereocenters. The number of carbonyl (C=O) groups is 1. The molecule has 1 amide bonds. The number of thiophene rings is 1. The number of rotatable bonds is 5. The van der Waals surface area contributed by atoms with E-state index in [1.165, 1.54) is 20.3 Å². The number of carbonyl (C=O) groups excluding carboxylic acids is 1. The normalized spacial score (nSPS) is 13.2.